The summed E-state index contributed by atoms with van der Waals surface area (Å²) in [6, 6.07) is 10.6. The van der Waals surface area contributed by atoms with E-state index >= 15 is 0 Å². The molecule has 0 unspecified atom stereocenters. The first kappa shape index (κ1) is 27.2. The predicted octanol–water partition coefficient (Wildman–Crippen LogP) is 5.46. The van der Waals surface area contributed by atoms with Gasteiger partial charge in [-0.25, -0.2) is 0 Å². The van der Waals surface area contributed by atoms with Crippen molar-refractivity contribution in [2.24, 2.45) is 10.4 Å². The third-order valence-corrected chi connectivity index (χ3v) is 5.61. The van der Waals surface area contributed by atoms with Crippen molar-refractivity contribution in [3.63, 3.8) is 0 Å². The maximum atomic E-state index is 8.57. The number of hydrogen-bond donors (Lipinski definition) is 1. The number of ether oxygens (including phenoxy) is 1. The van der Waals surface area contributed by atoms with Crippen molar-refractivity contribution in [3.05, 3.63) is 83.7 Å². The zero-order valence-electron chi connectivity index (χ0n) is 21.7. The molecule has 5 heteroatoms. The summed E-state index contributed by atoms with van der Waals surface area (Å²) in [5.41, 5.74) is 8.56. The highest BCUT2D eigenvalue weighted by atomic mass is 16.5. The van der Waals surface area contributed by atoms with Crippen LogP contribution in [-0.2, 0) is 4.74 Å². The van der Waals surface area contributed by atoms with Gasteiger partial charge < -0.3 is 14.7 Å². The molecule has 34 heavy (non-hydrogen) atoms. The SMILES string of the molecule is C=C/C(=C\N(C)C)c1cccc(-c2nc(C)c(C(/C=C\C)=NC)cc2C)c1.CC1(CO)COC1. The van der Waals surface area contributed by atoms with E-state index in [0.29, 0.717) is 0 Å². The van der Waals surface area contributed by atoms with E-state index in [2.05, 4.69) is 55.0 Å². The summed E-state index contributed by atoms with van der Waals surface area (Å²) in [6.45, 7) is 13.8. The summed E-state index contributed by atoms with van der Waals surface area (Å²) in [7, 11) is 5.84. The van der Waals surface area contributed by atoms with Gasteiger partial charge in [-0.2, -0.15) is 0 Å². The molecule has 3 rings (SSSR count). The lowest BCUT2D eigenvalue weighted by atomic mass is 9.90. The van der Waals surface area contributed by atoms with Gasteiger partial charge in [-0.05, 0) is 55.7 Å². The van der Waals surface area contributed by atoms with Gasteiger partial charge in [-0.3, -0.25) is 9.98 Å². The van der Waals surface area contributed by atoms with E-state index < -0.39 is 0 Å². The second kappa shape index (κ2) is 12.4. The highest BCUT2D eigenvalue weighted by molar-refractivity contribution is 6.09. The average Bonchev–Trinajstić information content (AvgIpc) is 2.81. The van der Waals surface area contributed by atoms with Crippen molar-refractivity contribution in [2.75, 3.05) is 41.0 Å². The van der Waals surface area contributed by atoms with Gasteiger partial charge in [0.1, 0.15) is 0 Å². The lowest BCUT2D eigenvalue weighted by molar-refractivity contribution is -0.125. The summed E-state index contributed by atoms with van der Waals surface area (Å²) in [5.74, 6) is 0. The van der Waals surface area contributed by atoms with E-state index in [9.17, 15) is 0 Å². The fourth-order valence-electron chi connectivity index (χ4n) is 3.61. The molecule has 0 saturated carbocycles. The van der Waals surface area contributed by atoms with Crippen LogP contribution in [0.3, 0.4) is 0 Å². The minimum Gasteiger partial charge on any atom is -0.396 e. The van der Waals surface area contributed by atoms with E-state index in [0.717, 1.165) is 58.1 Å². The van der Waals surface area contributed by atoms with Gasteiger partial charge in [-0.1, -0.05) is 43.9 Å². The van der Waals surface area contributed by atoms with Crippen LogP contribution in [0, 0.1) is 19.3 Å². The van der Waals surface area contributed by atoms with E-state index in [1.165, 1.54) is 0 Å². The van der Waals surface area contributed by atoms with Crippen LogP contribution in [0.15, 0.2) is 66.3 Å². The molecular formula is C29H39N3O2. The number of aryl methyl sites for hydroxylation is 2. The molecule has 1 aromatic carbocycles. The number of hydrogen-bond acceptors (Lipinski definition) is 5. The number of aliphatic imine (C=N–C) groups is 1. The first-order valence-corrected chi connectivity index (χ1v) is 11.6. The predicted molar refractivity (Wildman–Crippen MR) is 144 cm³/mol. The number of allylic oxidation sites excluding steroid dienone is 4. The van der Waals surface area contributed by atoms with E-state index in [-0.39, 0.29) is 12.0 Å². The molecule has 1 aliphatic rings. The van der Waals surface area contributed by atoms with Crippen molar-refractivity contribution in [1.82, 2.24) is 9.88 Å². The van der Waals surface area contributed by atoms with Gasteiger partial charge in [0.15, 0.2) is 0 Å². The Kier molecular flexibility index (Phi) is 9.97. The van der Waals surface area contributed by atoms with Gasteiger partial charge in [0.2, 0.25) is 0 Å². The summed E-state index contributed by atoms with van der Waals surface area (Å²) < 4.78 is 4.87. The smallest absolute Gasteiger partial charge is 0.0735 e. The van der Waals surface area contributed by atoms with Crippen LogP contribution in [0.25, 0.3) is 16.8 Å². The second-order valence-corrected chi connectivity index (χ2v) is 9.19. The van der Waals surface area contributed by atoms with Crippen molar-refractivity contribution in [1.29, 1.82) is 0 Å². The van der Waals surface area contributed by atoms with Crippen molar-refractivity contribution in [3.8, 4) is 11.3 Å². The zero-order chi connectivity index (χ0) is 25.3. The maximum Gasteiger partial charge on any atom is 0.0735 e. The molecule has 0 aliphatic carbocycles. The molecule has 1 aromatic heterocycles. The highest BCUT2D eigenvalue weighted by Gasteiger charge is 2.32. The number of pyridine rings is 1. The monoisotopic (exact) mass is 461 g/mol. The van der Waals surface area contributed by atoms with Crippen LogP contribution in [0.5, 0.6) is 0 Å². The fraction of sp³-hybridized carbons (Fsp3) is 0.379. The Morgan fingerprint density at radius 3 is 2.44 bits per heavy atom. The first-order chi connectivity index (χ1) is 16.2. The molecule has 5 nitrogen and oxygen atoms in total. The summed E-state index contributed by atoms with van der Waals surface area (Å²) >= 11 is 0. The van der Waals surface area contributed by atoms with E-state index in [1.54, 1.807) is 0 Å². The highest BCUT2D eigenvalue weighted by Crippen LogP contribution is 2.27. The molecule has 0 radical (unpaired) electrons. The lowest BCUT2D eigenvalue weighted by Crippen LogP contribution is -2.42. The fourth-order valence-corrected chi connectivity index (χ4v) is 3.61. The Morgan fingerprint density at radius 2 is 1.97 bits per heavy atom. The number of nitrogens with zero attached hydrogens (tertiary/aromatic N) is 3. The van der Waals surface area contributed by atoms with Crippen LogP contribution in [-0.4, -0.2) is 61.7 Å². The zero-order valence-corrected chi connectivity index (χ0v) is 21.7. The van der Waals surface area contributed by atoms with Gasteiger partial charge in [0.25, 0.3) is 0 Å². The number of rotatable bonds is 7. The quantitative estimate of drug-likeness (QED) is 0.439. The number of benzene rings is 1. The van der Waals surface area contributed by atoms with Gasteiger partial charge >= 0.3 is 0 Å². The molecule has 2 aromatic rings. The second-order valence-electron chi connectivity index (χ2n) is 9.19. The molecular weight excluding hydrogens is 422 g/mol. The minimum atomic E-state index is 0.0972. The topological polar surface area (TPSA) is 58.0 Å². The Balaban J connectivity index is 0.000000497. The van der Waals surface area contributed by atoms with Crippen LogP contribution in [0.4, 0.5) is 0 Å². The molecule has 182 valence electrons. The summed E-state index contributed by atoms with van der Waals surface area (Å²) in [6.07, 6.45) is 7.98. The standard InChI is InChI=1S/C24H29N3.C5H10O2/c1-8-11-23(25-5)22-14-17(3)24(26-18(22)4)21-13-10-12-20(15-21)19(9-2)16-27(6)7;1-5(2-6)3-7-4-5/h8-16H,2H2,1,3-7H3;6H,2-4H2,1H3/b11-8-,19-16+,25-23?;. The van der Waals surface area contributed by atoms with Crippen LogP contribution >= 0.6 is 0 Å². The number of aromatic nitrogens is 1. The van der Waals surface area contributed by atoms with Crippen LogP contribution in [0.1, 0.15) is 36.2 Å². The molecule has 2 heterocycles. The summed E-state index contributed by atoms with van der Waals surface area (Å²) in [5, 5.41) is 8.57. The third kappa shape index (κ3) is 6.99. The van der Waals surface area contributed by atoms with E-state index in [4.69, 9.17) is 14.8 Å². The van der Waals surface area contributed by atoms with Gasteiger partial charge in [0, 0.05) is 49.6 Å². The van der Waals surface area contributed by atoms with Crippen molar-refractivity contribution < 1.29 is 9.84 Å². The molecule has 0 amide bonds. The number of aliphatic hydroxyl groups excluding tert-OH is 1. The molecule has 1 fully saturated rings. The molecule has 0 atom stereocenters. The molecule has 1 saturated heterocycles. The normalized spacial score (nSPS) is 15.4. The largest absolute Gasteiger partial charge is 0.396 e. The average molecular weight is 462 g/mol. The van der Waals surface area contributed by atoms with E-state index in [1.807, 2.05) is 65.0 Å². The Morgan fingerprint density at radius 1 is 1.26 bits per heavy atom. The van der Waals surface area contributed by atoms with Crippen LogP contribution in [0.2, 0.25) is 0 Å². The Labute approximate surface area is 205 Å². The molecule has 0 bridgehead atoms. The van der Waals surface area contributed by atoms with Crippen LogP contribution < -0.4 is 0 Å². The first-order valence-electron chi connectivity index (χ1n) is 11.6. The van der Waals surface area contributed by atoms with Gasteiger partial charge in [-0.15, -0.1) is 0 Å². The summed E-state index contributed by atoms with van der Waals surface area (Å²) in [4.78, 5) is 11.3. The molecule has 1 aliphatic heterocycles. The van der Waals surface area contributed by atoms with Crippen molar-refractivity contribution in [2.45, 2.75) is 27.7 Å². The molecule has 1 N–H and O–H groups in total. The van der Waals surface area contributed by atoms with Gasteiger partial charge in [0.05, 0.1) is 31.2 Å². The molecule has 0 spiro atoms. The van der Waals surface area contributed by atoms with Crippen molar-refractivity contribution >= 4 is 11.3 Å². The lowest BCUT2D eigenvalue weighted by Gasteiger charge is -2.35. The Hall–Kier alpha value is -3.02. The third-order valence-electron chi connectivity index (χ3n) is 5.61. The minimum absolute atomic E-state index is 0.0972. The maximum absolute atomic E-state index is 8.57. The number of aliphatic hydroxyl groups is 1. The Bertz CT molecular complexity index is 1070.